The summed E-state index contributed by atoms with van der Waals surface area (Å²) in [5.74, 6) is 0. The topological polar surface area (TPSA) is 16.4 Å². The molecule has 0 amide bonds. The van der Waals surface area contributed by atoms with Crippen molar-refractivity contribution in [3.05, 3.63) is 188 Å². The minimum Gasteiger partial charge on any atom is -0.456 e. The number of rotatable bonds is 6. The molecule has 0 fully saturated rings. The van der Waals surface area contributed by atoms with Crippen molar-refractivity contribution in [1.82, 2.24) is 0 Å². The Kier molecular flexibility index (Phi) is 6.84. The smallest absolute Gasteiger partial charge is 0.137 e. The van der Waals surface area contributed by atoms with Gasteiger partial charge in [0, 0.05) is 33.8 Å². The van der Waals surface area contributed by atoms with Gasteiger partial charge in [0.2, 0.25) is 0 Å². The van der Waals surface area contributed by atoms with Crippen LogP contribution in [0, 0.1) is 0 Å². The van der Waals surface area contributed by atoms with Crippen LogP contribution < -0.4 is 4.90 Å². The minimum absolute atomic E-state index is 0.873. The minimum atomic E-state index is 0.873. The van der Waals surface area contributed by atoms with Crippen molar-refractivity contribution in [3.63, 3.8) is 0 Å². The SMILES string of the molecule is c1ccc(-c2ccccc2N(c2ccc(-c3cccc(-c4ccc5ccccc5c4)c3)cc2)c2ccc3c(c2)oc2ccccc23)cc1. The molecule has 0 aliphatic rings. The van der Waals surface area contributed by atoms with Crippen molar-refractivity contribution in [2.45, 2.75) is 0 Å². The van der Waals surface area contributed by atoms with Crippen LogP contribution in [0.1, 0.15) is 0 Å². The molecule has 0 aliphatic carbocycles. The first-order valence-electron chi connectivity index (χ1n) is 16.3. The molecule has 8 aromatic carbocycles. The summed E-state index contributed by atoms with van der Waals surface area (Å²) in [4.78, 5) is 2.34. The van der Waals surface area contributed by atoms with Crippen LogP contribution in [-0.2, 0) is 0 Å². The van der Waals surface area contributed by atoms with Gasteiger partial charge in [0.1, 0.15) is 11.2 Å². The largest absolute Gasteiger partial charge is 0.456 e. The highest BCUT2D eigenvalue weighted by Gasteiger charge is 2.19. The van der Waals surface area contributed by atoms with E-state index in [0.29, 0.717) is 0 Å². The number of furan rings is 1. The maximum Gasteiger partial charge on any atom is 0.137 e. The second-order valence-corrected chi connectivity index (χ2v) is 12.2. The molecule has 1 heterocycles. The highest BCUT2D eigenvalue weighted by atomic mass is 16.3. The summed E-state index contributed by atoms with van der Waals surface area (Å²) >= 11 is 0. The van der Waals surface area contributed by atoms with Crippen LogP contribution in [-0.4, -0.2) is 0 Å². The standard InChI is InChI=1S/C46H31NO/c1-2-12-34(13-3-1)41-17-6-8-19-44(41)47(40-27-28-43-42-18-7-9-20-45(42)48-46(43)31-40)39-25-23-33(24-26-39)36-15-10-16-37(29-36)38-22-21-32-11-4-5-14-35(32)30-38/h1-31H. The van der Waals surface area contributed by atoms with Crippen molar-refractivity contribution >= 4 is 49.8 Å². The lowest BCUT2D eigenvalue weighted by atomic mass is 9.97. The van der Waals surface area contributed by atoms with Crippen LogP contribution in [0.2, 0.25) is 0 Å². The van der Waals surface area contributed by atoms with Crippen LogP contribution in [0.25, 0.3) is 66.1 Å². The van der Waals surface area contributed by atoms with Crippen LogP contribution in [0.15, 0.2) is 192 Å². The molecule has 0 saturated heterocycles. The van der Waals surface area contributed by atoms with Gasteiger partial charge in [-0.25, -0.2) is 0 Å². The number of hydrogen-bond acceptors (Lipinski definition) is 2. The highest BCUT2D eigenvalue weighted by molar-refractivity contribution is 6.06. The van der Waals surface area contributed by atoms with E-state index in [1.165, 1.54) is 38.6 Å². The van der Waals surface area contributed by atoms with Crippen LogP contribution >= 0.6 is 0 Å². The fourth-order valence-corrected chi connectivity index (χ4v) is 6.86. The molecule has 0 aliphatic heterocycles. The van der Waals surface area contributed by atoms with Crippen LogP contribution in [0.5, 0.6) is 0 Å². The Hall–Kier alpha value is -6.38. The number of nitrogens with zero attached hydrogens (tertiary/aromatic N) is 1. The Morgan fingerprint density at radius 2 is 0.958 bits per heavy atom. The zero-order valence-corrected chi connectivity index (χ0v) is 26.3. The number of hydrogen-bond donors (Lipinski definition) is 0. The summed E-state index contributed by atoms with van der Waals surface area (Å²) in [6, 6.07) is 67.0. The maximum absolute atomic E-state index is 6.35. The fraction of sp³-hybridized carbons (Fsp3) is 0. The molecule has 9 rings (SSSR count). The molecule has 2 heteroatoms. The Morgan fingerprint density at radius 1 is 0.333 bits per heavy atom. The maximum atomic E-state index is 6.35. The highest BCUT2D eigenvalue weighted by Crippen LogP contribution is 2.43. The van der Waals surface area contributed by atoms with Crippen molar-refractivity contribution in [1.29, 1.82) is 0 Å². The van der Waals surface area contributed by atoms with Crippen LogP contribution in [0.3, 0.4) is 0 Å². The van der Waals surface area contributed by atoms with Gasteiger partial charge in [-0.2, -0.15) is 0 Å². The predicted octanol–water partition coefficient (Wildman–Crippen LogP) is 13.2. The van der Waals surface area contributed by atoms with E-state index in [1.807, 2.05) is 12.1 Å². The molecule has 2 nitrogen and oxygen atoms in total. The first kappa shape index (κ1) is 27.9. The van der Waals surface area contributed by atoms with E-state index >= 15 is 0 Å². The van der Waals surface area contributed by atoms with Gasteiger partial charge in [0.25, 0.3) is 0 Å². The molecule has 1 aromatic heterocycles. The Morgan fingerprint density at radius 3 is 1.83 bits per heavy atom. The lowest BCUT2D eigenvalue weighted by molar-refractivity contribution is 0.669. The van der Waals surface area contributed by atoms with Gasteiger partial charge >= 0.3 is 0 Å². The zero-order valence-electron chi connectivity index (χ0n) is 26.3. The summed E-state index contributed by atoms with van der Waals surface area (Å²) < 4.78 is 6.35. The number of benzene rings is 8. The summed E-state index contributed by atoms with van der Waals surface area (Å²) in [6.07, 6.45) is 0. The number of fused-ring (bicyclic) bond motifs is 4. The van der Waals surface area contributed by atoms with Crippen molar-refractivity contribution in [3.8, 4) is 33.4 Å². The molecule has 9 aromatic rings. The summed E-state index contributed by atoms with van der Waals surface area (Å²) in [6.45, 7) is 0. The number of para-hydroxylation sites is 2. The Labute approximate surface area is 279 Å². The van der Waals surface area contributed by atoms with E-state index in [4.69, 9.17) is 4.42 Å². The monoisotopic (exact) mass is 613 g/mol. The van der Waals surface area contributed by atoms with Gasteiger partial charge in [-0.1, -0.05) is 133 Å². The average molecular weight is 614 g/mol. The second kappa shape index (κ2) is 11.8. The summed E-state index contributed by atoms with van der Waals surface area (Å²) in [5.41, 5.74) is 12.1. The molecule has 0 spiro atoms. The van der Waals surface area contributed by atoms with E-state index in [9.17, 15) is 0 Å². The molecule has 0 radical (unpaired) electrons. The summed E-state index contributed by atoms with van der Waals surface area (Å²) in [7, 11) is 0. The molecule has 0 bridgehead atoms. The van der Waals surface area contributed by atoms with Gasteiger partial charge in [-0.05, 0) is 87.1 Å². The molecule has 226 valence electrons. The van der Waals surface area contributed by atoms with E-state index in [0.717, 1.165) is 44.6 Å². The van der Waals surface area contributed by atoms with Gasteiger partial charge in [0.15, 0.2) is 0 Å². The van der Waals surface area contributed by atoms with E-state index < -0.39 is 0 Å². The van der Waals surface area contributed by atoms with Gasteiger partial charge in [0.05, 0.1) is 5.69 Å². The van der Waals surface area contributed by atoms with E-state index in [2.05, 4.69) is 181 Å². The van der Waals surface area contributed by atoms with E-state index in [-0.39, 0.29) is 0 Å². The predicted molar refractivity (Wildman–Crippen MR) is 202 cm³/mol. The third-order valence-electron chi connectivity index (χ3n) is 9.25. The third kappa shape index (κ3) is 5.01. The first-order valence-corrected chi connectivity index (χ1v) is 16.3. The lowest BCUT2D eigenvalue weighted by Crippen LogP contribution is -2.11. The van der Waals surface area contributed by atoms with Gasteiger partial charge < -0.3 is 9.32 Å². The second-order valence-electron chi connectivity index (χ2n) is 12.2. The fourth-order valence-electron chi connectivity index (χ4n) is 6.86. The van der Waals surface area contributed by atoms with Gasteiger partial charge in [-0.15, -0.1) is 0 Å². The molecule has 0 N–H and O–H groups in total. The molecule has 0 unspecified atom stereocenters. The third-order valence-corrected chi connectivity index (χ3v) is 9.25. The van der Waals surface area contributed by atoms with Crippen molar-refractivity contribution < 1.29 is 4.42 Å². The Balaban J connectivity index is 1.14. The normalized spacial score (nSPS) is 11.3. The van der Waals surface area contributed by atoms with Crippen molar-refractivity contribution in [2.24, 2.45) is 0 Å². The Bertz CT molecular complexity index is 2560. The first-order chi connectivity index (χ1) is 23.8. The molecule has 48 heavy (non-hydrogen) atoms. The molecule has 0 atom stereocenters. The van der Waals surface area contributed by atoms with Crippen LogP contribution in [0.4, 0.5) is 17.1 Å². The van der Waals surface area contributed by atoms with E-state index in [1.54, 1.807) is 0 Å². The quantitative estimate of drug-likeness (QED) is 0.185. The lowest BCUT2D eigenvalue weighted by Gasteiger charge is -2.28. The van der Waals surface area contributed by atoms with Crippen molar-refractivity contribution in [2.75, 3.05) is 4.90 Å². The molecular weight excluding hydrogens is 583 g/mol. The summed E-state index contributed by atoms with van der Waals surface area (Å²) in [5, 5.41) is 4.75. The number of anilines is 3. The zero-order chi connectivity index (χ0) is 31.9. The molecular formula is C46H31NO. The van der Waals surface area contributed by atoms with Gasteiger partial charge in [-0.3, -0.25) is 0 Å². The molecule has 0 saturated carbocycles. The average Bonchev–Trinajstić information content (AvgIpc) is 3.54.